The summed E-state index contributed by atoms with van der Waals surface area (Å²) in [6.45, 7) is 2.88. The molecule has 0 radical (unpaired) electrons. The number of halogens is 1. The zero-order chi connectivity index (χ0) is 27.4. The first-order valence-corrected chi connectivity index (χ1v) is 13.7. The summed E-state index contributed by atoms with van der Waals surface area (Å²) < 4.78 is 80.9. The van der Waals surface area contributed by atoms with Crippen molar-refractivity contribution in [2.75, 3.05) is 41.6 Å². The second-order valence-corrected chi connectivity index (χ2v) is 11.4. The van der Waals surface area contributed by atoms with Crippen molar-refractivity contribution in [1.29, 1.82) is 0 Å². The Morgan fingerprint density at radius 3 is 2.47 bits per heavy atom. The van der Waals surface area contributed by atoms with Crippen molar-refractivity contribution in [1.82, 2.24) is 4.90 Å². The van der Waals surface area contributed by atoms with Crippen molar-refractivity contribution in [2.45, 2.75) is 56.2 Å². The third-order valence-corrected chi connectivity index (χ3v) is 8.07. The number of benzene rings is 1. The number of nitrogens with zero attached hydrogens (tertiary/aromatic N) is 1. The summed E-state index contributed by atoms with van der Waals surface area (Å²) in [7, 11) is -0.165. The third kappa shape index (κ3) is 4.75. The SMILES string of the molecule is COCOc1c2c(cc(Br)c1C(=O)N(COC)[C@H]1[C@@H]3OC(C)(C)O[C@@H]3[C@@H](OC)[C@@H]3OS(=O)(=O)O[C@H]31)OCO2. The largest absolute Gasteiger partial charge is 0.463 e. The fraction of sp³-hybridized carbons (Fsp3) is 0.682. The molecule has 5 rings (SSSR count). The molecule has 2 saturated heterocycles. The van der Waals surface area contributed by atoms with Gasteiger partial charge in [-0.1, -0.05) is 0 Å². The summed E-state index contributed by atoms with van der Waals surface area (Å²) in [5.41, 5.74) is 0.0604. The van der Waals surface area contributed by atoms with Crippen molar-refractivity contribution in [3.05, 3.63) is 16.1 Å². The standard InChI is InChI=1S/C22H28BrNO13S/c1-22(2)34-16-13(17-20(37-38(26,27)36-17)18(30-5)19(16)35-22)24(7-28-3)21(25)12-10(23)6-11-14(33-9-31-11)15(12)32-8-29-4/h6,13,16-20H,7-9H2,1-5H3/t13-,16-,17-,18+,19-,20+/m0/s1. The van der Waals surface area contributed by atoms with Crippen LogP contribution in [-0.4, -0.2) is 103 Å². The molecule has 6 atom stereocenters. The number of rotatable bonds is 8. The summed E-state index contributed by atoms with van der Waals surface area (Å²) in [5.74, 6) is -1.03. The predicted octanol–water partition coefficient (Wildman–Crippen LogP) is 1.15. The minimum absolute atomic E-state index is 0.0604. The lowest BCUT2D eigenvalue weighted by molar-refractivity contribution is -0.162. The van der Waals surface area contributed by atoms with Crippen LogP contribution in [0.25, 0.3) is 0 Å². The maximum absolute atomic E-state index is 14.3. The molecule has 1 aromatic rings. The molecule has 14 nitrogen and oxygen atoms in total. The van der Waals surface area contributed by atoms with Gasteiger partial charge in [-0.25, -0.2) is 8.37 Å². The average Bonchev–Trinajstić information content (AvgIpc) is 3.52. The molecule has 4 aliphatic rings. The minimum atomic E-state index is -4.40. The molecular formula is C22H28BrNO13S. The Hall–Kier alpha value is -1.76. The number of fused-ring (bicyclic) bond motifs is 3. The molecule has 0 bridgehead atoms. The van der Waals surface area contributed by atoms with Crippen LogP contribution in [0.1, 0.15) is 24.2 Å². The number of methoxy groups -OCH3 is 3. The Morgan fingerprint density at radius 2 is 1.79 bits per heavy atom. The third-order valence-electron chi connectivity index (χ3n) is 6.53. The van der Waals surface area contributed by atoms with Crippen LogP contribution in [0.2, 0.25) is 0 Å². The first-order chi connectivity index (χ1) is 18.0. The number of hydrogen-bond acceptors (Lipinski definition) is 13. The van der Waals surface area contributed by atoms with Crippen molar-refractivity contribution >= 4 is 32.2 Å². The molecule has 212 valence electrons. The molecule has 38 heavy (non-hydrogen) atoms. The fourth-order valence-electron chi connectivity index (χ4n) is 5.23. The van der Waals surface area contributed by atoms with Crippen molar-refractivity contribution in [2.24, 2.45) is 0 Å². The molecule has 1 saturated carbocycles. The van der Waals surface area contributed by atoms with E-state index in [9.17, 15) is 13.2 Å². The highest BCUT2D eigenvalue weighted by Crippen LogP contribution is 2.49. The first-order valence-electron chi connectivity index (χ1n) is 11.6. The van der Waals surface area contributed by atoms with E-state index in [0.717, 1.165) is 0 Å². The van der Waals surface area contributed by atoms with Gasteiger partial charge in [0.2, 0.25) is 12.5 Å². The number of carbonyl (C=O) groups is 1. The van der Waals surface area contributed by atoms with Gasteiger partial charge in [-0.15, -0.1) is 0 Å². The Kier molecular flexibility index (Phi) is 7.56. The molecule has 3 aliphatic heterocycles. The lowest BCUT2D eigenvalue weighted by atomic mass is 9.82. The van der Waals surface area contributed by atoms with Crippen LogP contribution in [0, 0.1) is 0 Å². The molecule has 1 amide bonds. The molecule has 1 aromatic carbocycles. The maximum Gasteiger partial charge on any atom is 0.400 e. The van der Waals surface area contributed by atoms with Gasteiger partial charge in [0, 0.05) is 25.8 Å². The van der Waals surface area contributed by atoms with E-state index >= 15 is 0 Å². The molecule has 0 aromatic heterocycles. The van der Waals surface area contributed by atoms with Gasteiger partial charge in [0.05, 0.1) is 6.04 Å². The van der Waals surface area contributed by atoms with Crippen LogP contribution in [-0.2, 0) is 42.4 Å². The summed E-state index contributed by atoms with van der Waals surface area (Å²) in [5, 5.41) is 0. The Labute approximate surface area is 227 Å². The van der Waals surface area contributed by atoms with E-state index in [-0.39, 0.29) is 37.4 Å². The van der Waals surface area contributed by atoms with E-state index in [0.29, 0.717) is 10.2 Å². The van der Waals surface area contributed by atoms with E-state index < -0.39 is 58.7 Å². The first kappa shape index (κ1) is 27.8. The lowest BCUT2D eigenvalue weighted by Crippen LogP contribution is -2.68. The molecule has 16 heteroatoms. The summed E-state index contributed by atoms with van der Waals surface area (Å²) >= 11 is 3.43. The van der Waals surface area contributed by atoms with Gasteiger partial charge in [0.1, 0.15) is 42.8 Å². The predicted molar refractivity (Wildman–Crippen MR) is 128 cm³/mol. The van der Waals surface area contributed by atoms with Crippen LogP contribution >= 0.6 is 15.9 Å². The van der Waals surface area contributed by atoms with Crippen LogP contribution in [0.4, 0.5) is 0 Å². The zero-order valence-electron chi connectivity index (χ0n) is 21.2. The molecule has 0 spiro atoms. The van der Waals surface area contributed by atoms with Crippen LogP contribution < -0.4 is 14.2 Å². The second kappa shape index (κ2) is 10.3. The van der Waals surface area contributed by atoms with Crippen molar-refractivity contribution in [3.63, 3.8) is 0 Å². The van der Waals surface area contributed by atoms with E-state index in [2.05, 4.69) is 15.9 Å². The Morgan fingerprint density at radius 1 is 1.08 bits per heavy atom. The summed E-state index contributed by atoms with van der Waals surface area (Å²) in [6, 6.07) is 0.529. The van der Waals surface area contributed by atoms with Crippen LogP contribution in [0.5, 0.6) is 17.2 Å². The second-order valence-electron chi connectivity index (χ2n) is 9.33. The molecule has 0 unspecified atom stereocenters. The molecule has 0 N–H and O–H groups in total. The highest BCUT2D eigenvalue weighted by molar-refractivity contribution is 9.10. The van der Waals surface area contributed by atoms with E-state index in [1.165, 1.54) is 26.2 Å². The number of carbonyl (C=O) groups excluding carboxylic acids is 1. The molecule has 3 heterocycles. The average molecular weight is 626 g/mol. The van der Waals surface area contributed by atoms with Gasteiger partial charge in [-0.05, 0) is 35.8 Å². The van der Waals surface area contributed by atoms with Gasteiger partial charge >= 0.3 is 10.4 Å². The van der Waals surface area contributed by atoms with E-state index in [1.807, 2.05) is 0 Å². The normalized spacial score (nSPS) is 32.1. The number of amides is 1. The molecule has 3 fully saturated rings. The summed E-state index contributed by atoms with van der Waals surface area (Å²) in [4.78, 5) is 15.6. The Balaban J connectivity index is 1.62. The minimum Gasteiger partial charge on any atom is -0.463 e. The Bertz CT molecular complexity index is 1190. The van der Waals surface area contributed by atoms with Crippen LogP contribution in [0.3, 0.4) is 0 Å². The topological polar surface area (TPSA) is 147 Å². The van der Waals surface area contributed by atoms with Gasteiger partial charge in [-0.3, -0.25) is 4.79 Å². The smallest absolute Gasteiger partial charge is 0.400 e. The maximum atomic E-state index is 14.3. The quantitative estimate of drug-likeness (QED) is 0.381. The number of ether oxygens (including phenoxy) is 8. The van der Waals surface area contributed by atoms with E-state index in [4.69, 9.17) is 46.3 Å². The van der Waals surface area contributed by atoms with Crippen molar-refractivity contribution in [3.8, 4) is 17.2 Å². The highest BCUT2D eigenvalue weighted by atomic mass is 79.9. The molecular weight excluding hydrogens is 598 g/mol. The number of hydrogen-bond donors (Lipinski definition) is 0. The van der Waals surface area contributed by atoms with Crippen LogP contribution in [0.15, 0.2) is 10.5 Å². The van der Waals surface area contributed by atoms with Gasteiger partial charge in [-0.2, -0.15) is 8.42 Å². The van der Waals surface area contributed by atoms with Gasteiger partial charge < -0.3 is 42.8 Å². The lowest BCUT2D eigenvalue weighted by Gasteiger charge is -2.45. The van der Waals surface area contributed by atoms with Gasteiger partial charge in [0.15, 0.2) is 24.1 Å². The van der Waals surface area contributed by atoms with E-state index in [1.54, 1.807) is 19.9 Å². The monoisotopic (exact) mass is 625 g/mol. The summed E-state index contributed by atoms with van der Waals surface area (Å²) in [6.07, 6.45) is -4.85. The van der Waals surface area contributed by atoms with Crippen molar-refractivity contribution < 1.29 is 59.5 Å². The fourth-order valence-corrected chi connectivity index (χ4v) is 6.82. The van der Waals surface area contributed by atoms with Gasteiger partial charge in [0.25, 0.3) is 5.91 Å². The molecule has 1 aliphatic carbocycles. The highest BCUT2D eigenvalue weighted by Gasteiger charge is 2.65. The zero-order valence-corrected chi connectivity index (χ0v) is 23.6.